The van der Waals surface area contributed by atoms with Gasteiger partial charge in [-0.15, -0.1) is 0 Å². The number of benzene rings is 2. The topological polar surface area (TPSA) is 115 Å². The number of hydrazine groups is 1. The fourth-order valence-electron chi connectivity index (χ4n) is 2.35. The molecule has 0 saturated heterocycles. The molecule has 3 amide bonds. The summed E-state index contributed by atoms with van der Waals surface area (Å²) < 4.78 is 28.9. The number of hydrogen-bond acceptors (Lipinski definition) is 6. The average molecular weight is 433 g/mol. The number of amides is 3. The first-order valence-corrected chi connectivity index (χ1v) is 9.56. The molecule has 2 aromatic carbocycles. The molecule has 0 spiro atoms. The Balaban J connectivity index is 1.76. The highest BCUT2D eigenvalue weighted by Crippen LogP contribution is 2.28. The molecule has 0 heterocycles. The van der Waals surface area contributed by atoms with Gasteiger partial charge in [-0.2, -0.15) is 0 Å². The summed E-state index contributed by atoms with van der Waals surface area (Å²) in [4.78, 5) is 35.8. The van der Waals surface area contributed by atoms with Gasteiger partial charge in [-0.3, -0.25) is 25.2 Å². The van der Waals surface area contributed by atoms with Crippen molar-refractivity contribution in [1.29, 1.82) is 0 Å². The normalized spacial score (nSPS) is 10.0. The maximum Gasteiger partial charge on any atom is 0.276 e. The minimum Gasteiger partial charge on any atom is -0.490 e. The van der Waals surface area contributed by atoms with Crippen LogP contribution in [0.15, 0.2) is 42.5 Å². The second-order valence-corrected chi connectivity index (χ2v) is 6.05. The van der Waals surface area contributed by atoms with Crippen LogP contribution >= 0.6 is 0 Å². The number of rotatable bonds is 10. The first-order chi connectivity index (χ1) is 14.9. The van der Waals surface area contributed by atoms with E-state index in [4.69, 9.17) is 14.2 Å². The van der Waals surface area contributed by atoms with E-state index < -0.39 is 23.5 Å². The van der Waals surface area contributed by atoms with Crippen LogP contribution in [-0.2, 0) is 9.59 Å². The summed E-state index contributed by atoms with van der Waals surface area (Å²) in [5.41, 5.74) is 4.59. The molecule has 0 aromatic heterocycles. The molecule has 0 aliphatic carbocycles. The predicted octanol–water partition coefficient (Wildman–Crippen LogP) is 1.58. The van der Waals surface area contributed by atoms with Crippen molar-refractivity contribution in [2.45, 2.75) is 13.8 Å². The van der Waals surface area contributed by atoms with Gasteiger partial charge in [-0.05, 0) is 56.3 Å². The lowest BCUT2D eigenvalue weighted by Gasteiger charge is -2.12. The third kappa shape index (κ3) is 7.84. The highest BCUT2D eigenvalue weighted by molar-refractivity contribution is 5.97. The van der Waals surface area contributed by atoms with Crippen molar-refractivity contribution in [2.24, 2.45) is 0 Å². The van der Waals surface area contributed by atoms with Crippen molar-refractivity contribution in [3.05, 3.63) is 53.8 Å². The summed E-state index contributed by atoms with van der Waals surface area (Å²) in [5, 5.41) is 2.44. The van der Waals surface area contributed by atoms with E-state index >= 15 is 0 Å². The van der Waals surface area contributed by atoms with Crippen LogP contribution in [0.1, 0.15) is 24.2 Å². The Hall–Kier alpha value is -3.82. The van der Waals surface area contributed by atoms with Crippen LogP contribution in [0.5, 0.6) is 17.2 Å². The second kappa shape index (κ2) is 12.0. The lowest BCUT2D eigenvalue weighted by molar-refractivity contribution is -0.129. The number of halogens is 1. The number of nitrogens with one attached hydrogen (secondary N) is 3. The molecular weight excluding hydrogens is 409 g/mol. The molecule has 9 nitrogen and oxygen atoms in total. The van der Waals surface area contributed by atoms with Gasteiger partial charge in [0.1, 0.15) is 11.6 Å². The maximum absolute atomic E-state index is 12.8. The van der Waals surface area contributed by atoms with Crippen LogP contribution in [0, 0.1) is 5.82 Å². The molecule has 0 bridgehead atoms. The van der Waals surface area contributed by atoms with Gasteiger partial charge >= 0.3 is 0 Å². The average Bonchev–Trinajstić information content (AvgIpc) is 2.77. The molecule has 2 rings (SSSR count). The van der Waals surface area contributed by atoms with Crippen LogP contribution in [0.25, 0.3) is 0 Å². The quantitative estimate of drug-likeness (QED) is 0.490. The Labute approximate surface area is 178 Å². The zero-order valence-electron chi connectivity index (χ0n) is 17.2. The van der Waals surface area contributed by atoms with Crippen LogP contribution in [0.3, 0.4) is 0 Å². The first-order valence-electron chi connectivity index (χ1n) is 9.56. The lowest BCUT2D eigenvalue weighted by Crippen LogP contribution is -2.47. The molecule has 10 heteroatoms. The van der Waals surface area contributed by atoms with Crippen LogP contribution in [0.2, 0.25) is 0 Å². The van der Waals surface area contributed by atoms with Gasteiger partial charge in [0.05, 0.1) is 19.8 Å². The Morgan fingerprint density at radius 2 is 1.48 bits per heavy atom. The van der Waals surface area contributed by atoms with E-state index in [1.165, 1.54) is 30.3 Å². The van der Waals surface area contributed by atoms with Crippen LogP contribution < -0.4 is 30.4 Å². The van der Waals surface area contributed by atoms with Crippen molar-refractivity contribution >= 4 is 17.7 Å². The van der Waals surface area contributed by atoms with Crippen molar-refractivity contribution in [1.82, 2.24) is 16.2 Å². The van der Waals surface area contributed by atoms with E-state index in [0.29, 0.717) is 30.5 Å². The van der Waals surface area contributed by atoms with Crippen LogP contribution in [-0.4, -0.2) is 44.1 Å². The van der Waals surface area contributed by atoms with E-state index in [1.807, 2.05) is 13.8 Å². The highest BCUT2D eigenvalue weighted by Gasteiger charge is 2.13. The van der Waals surface area contributed by atoms with Crippen molar-refractivity contribution in [2.75, 3.05) is 26.4 Å². The molecular formula is C21H24FN3O6. The molecule has 0 atom stereocenters. The molecule has 31 heavy (non-hydrogen) atoms. The van der Waals surface area contributed by atoms with Gasteiger partial charge < -0.3 is 19.5 Å². The van der Waals surface area contributed by atoms with Crippen LogP contribution in [0.4, 0.5) is 4.39 Å². The molecule has 2 aromatic rings. The summed E-state index contributed by atoms with van der Waals surface area (Å²) >= 11 is 0. The fraction of sp³-hybridized carbons (Fsp3) is 0.286. The summed E-state index contributed by atoms with van der Waals surface area (Å²) in [7, 11) is 0. The molecule has 3 N–H and O–H groups in total. The highest BCUT2D eigenvalue weighted by atomic mass is 19.1. The van der Waals surface area contributed by atoms with Gasteiger partial charge in [-0.25, -0.2) is 4.39 Å². The molecule has 0 unspecified atom stereocenters. The number of carbonyl (C=O) groups excluding carboxylic acids is 3. The Morgan fingerprint density at radius 1 is 0.839 bits per heavy atom. The van der Waals surface area contributed by atoms with E-state index in [-0.39, 0.29) is 18.7 Å². The van der Waals surface area contributed by atoms with Gasteiger partial charge in [0, 0.05) is 5.56 Å². The zero-order valence-corrected chi connectivity index (χ0v) is 17.2. The van der Waals surface area contributed by atoms with Crippen molar-refractivity contribution < 1.29 is 33.0 Å². The minimum atomic E-state index is -0.639. The van der Waals surface area contributed by atoms with E-state index in [0.717, 1.165) is 0 Å². The number of carbonyl (C=O) groups is 3. The van der Waals surface area contributed by atoms with Crippen molar-refractivity contribution in [3.63, 3.8) is 0 Å². The minimum absolute atomic E-state index is 0.288. The number of hydrogen-bond donors (Lipinski definition) is 3. The van der Waals surface area contributed by atoms with Gasteiger partial charge in [0.25, 0.3) is 17.7 Å². The van der Waals surface area contributed by atoms with Gasteiger partial charge in [0.2, 0.25) is 0 Å². The smallest absolute Gasteiger partial charge is 0.276 e. The predicted molar refractivity (Wildman–Crippen MR) is 109 cm³/mol. The standard InChI is InChI=1S/C21H24FN3O6/c1-3-29-17-10-5-14(11-18(17)30-4-2)21(28)23-12-19(26)24-25-20(27)13-31-16-8-6-15(22)7-9-16/h5-11H,3-4,12-13H2,1-2H3,(H,23,28)(H,24,26)(H,25,27). The monoisotopic (exact) mass is 433 g/mol. The molecule has 0 saturated carbocycles. The summed E-state index contributed by atoms with van der Waals surface area (Å²) in [6.07, 6.45) is 0. The Kier molecular flexibility index (Phi) is 9.09. The Bertz CT molecular complexity index is 904. The Morgan fingerprint density at radius 3 is 2.16 bits per heavy atom. The van der Waals surface area contributed by atoms with E-state index in [1.54, 1.807) is 12.1 Å². The van der Waals surface area contributed by atoms with E-state index in [2.05, 4.69) is 16.2 Å². The molecule has 0 aliphatic heterocycles. The van der Waals surface area contributed by atoms with Gasteiger partial charge in [0.15, 0.2) is 18.1 Å². The zero-order chi connectivity index (χ0) is 22.6. The van der Waals surface area contributed by atoms with E-state index in [9.17, 15) is 18.8 Å². The molecule has 0 aliphatic rings. The SMILES string of the molecule is CCOc1ccc(C(=O)NCC(=O)NNC(=O)COc2ccc(F)cc2)cc1OCC. The third-order valence-corrected chi connectivity index (χ3v) is 3.74. The summed E-state index contributed by atoms with van der Waals surface area (Å²) in [5.74, 6) is -0.942. The lowest BCUT2D eigenvalue weighted by atomic mass is 10.2. The number of ether oxygens (including phenoxy) is 3. The third-order valence-electron chi connectivity index (χ3n) is 3.74. The van der Waals surface area contributed by atoms with Crippen molar-refractivity contribution in [3.8, 4) is 17.2 Å². The fourth-order valence-corrected chi connectivity index (χ4v) is 2.35. The second-order valence-electron chi connectivity index (χ2n) is 6.05. The summed E-state index contributed by atoms with van der Waals surface area (Å²) in [6.45, 7) is 3.75. The largest absolute Gasteiger partial charge is 0.490 e. The molecule has 0 fully saturated rings. The summed E-state index contributed by atoms with van der Waals surface area (Å²) in [6, 6.07) is 9.82. The van der Waals surface area contributed by atoms with Gasteiger partial charge in [-0.1, -0.05) is 0 Å². The first kappa shape index (κ1) is 23.5. The molecule has 166 valence electrons. The maximum atomic E-state index is 12.8. The molecule has 0 radical (unpaired) electrons.